The van der Waals surface area contributed by atoms with Gasteiger partial charge in [-0.25, -0.2) is 9.78 Å². The molecule has 0 fully saturated rings. The van der Waals surface area contributed by atoms with Crippen molar-refractivity contribution in [3.63, 3.8) is 0 Å². The van der Waals surface area contributed by atoms with Crippen LogP contribution in [-0.2, 0) is 0 Å². The van der Waals surface area contributed by atoms with Crippen LogP contribution in [0.4, 0.5) is 0 Å². The van der Waals surface area contributed by atoms with Gasteiger partial charge in [0.15, 0.2) is 0 Å². The summed E-state index contributed by atoms with van der Waals surface area (Å²) in [6.45, 7) is 3.84. The van der Waals surface area contributed by atoms with Crippen LogP contribution < -0.4 is 0 Å². The average molecular weight is 500 g/mol. The summed E-state index contributed by atoms with van der Waals surface area (Å²) >= 11 is 0. The van der Waals surface area contributed by atoms with Crippen molar-refractivity contribution < 1.29 is 14.4 Å². The molecular formula is C32H25N3O3. The Labute approximate surface area is 219 Å². The molecule has 0 aliphatic carbocycles. The van der Waals surface area contributed by atoms with E-state index in [4.69, 9.17) is 9.51 Å². The van der Waals surface area contributed by atoms with E-state index >= 15 is 0 Å². The van der Waals surface area contributed by atoms with Crippen LogP contribution in [0.1, 0.15) is 44.4 Å². The number of hydrogen-bond acceptors (Lipinski definition) is 4. The fraction of sp³-hybridized carbons (Fsp3) is 0.0938. The van der Waals surface area contributed by atoms with Crippen molar-refractivity contribution in [3.05, 3.63) is 137 Å². The smallest absolute Gasteiger partial charge is 0.335 e. The van der Waals surface area contributed by atoms with E-state index in [-0.39, 0.29) is 11.5 Å². The summed E-state index contributed by atoms with van der Waals surface area (Å²) in [6.07, 6.45) is 3.97. The lowest BCUT2D eigenvalue weighted by molar-refractivity contribution is 0.0697. The zero-order chi connectivity index (χ0) is 26.2. The molecule has 0 spiro atoms. The summed E-state index contributed by atoms with van der Waals surface area (Å²) in [5.74, 6) is -0.247. The quantitative estimate of drug-likeness (QED) is 0.263. The van der Waals surface area contributed by atoms with Gasteiger partial charge in [0, 0.05) is 40.5 Å². The molecule has 3 heterocycles. The lowest BCUT2D eigenvalue weighted by Crippen LogP contribution is -2.03. The molecule has 0 atom stereocenters. The minimum atomic E-state index is -0.954. The van der Waals surface area contributed by atoms with Crippen molar-refractivity contribution in [1.82, 2.24) is 14.7 Å². The Morgan fingerprint density at radius 3 is 2.08 bits per heavy atom. The first-order chi connectivity index (χ1) is 18.5. The van der Waals surface area contributed by atoms with E-state index in [1.54, 1.807) is 12.1 Å². The van der Waals surface area contributed by atoms with Crippen LogP contribution in [0.25, 0.3) is 27.8 Å². The van der Waals surface area contributed by atoms with Gasteiger partial charge in [-0.1, -0.05) is 65.8 Å². The summed E-state index contributed by atoms with van der Waals surface area (Å²) in [6, 6.07) is 29.9. The maximum absolute atomic E-state index is 11.4. The third-order valence-corrected chi connectivity index (χ3v) is 6.97. The number of aromatic nitrogens is 3. The molecule has 6 nitrogen and oxygen atoms in total. The monoisotopic (exact) mass is 499 g/mol. The molecule has 0 aliphatic heterocycles. The van der Waals surface area contributed by atoms with Gasteiger partial charge in [-0.15, -0.1) is 0 Å². The number of nitrogens with zero attached hydrogens (tertiary/aromatic N) is 3. The first-order valence-corrected chi connectivity index (χ1v) is 12.4. The Bertz CT molecular complexity index is 1690. The van der Waals surface area contributed by atoms with E-state index in [0.717, 1.165) is 44.9 Å². The first-order valence-electron chi connectivity index (χ1n) is 12.4. The molecule has 3 aromatic heterocycles. The number of benzene rings is 3. The second-order valence-corrected chi connectivity index (χ2v) is 9.36. The molecule has 186 valence electrons. The Balaban J connectivity index is 1.63. The molecule has 0 unspecified atom stereocenters. The summed E-state index contributed by atoms with van der Waals surface area (Å²) in [7, 11) is 0. The van der Waals surface area contributed by atoms with Crippen molar-refractivity contribution >= 4 is 17.0 Å². The number of aryl methyl sites for hydroxylation is 2. The summed E-state index contributed by atoms with van der Waals surface area (Å²) in [5.41, 5.74) is 8.00. The van der Waals surface area contributed by atoms with Gasteiger partial charge in [-0.2, -0.15) is 0 Å². The fourth-order valence-corrected chi connectivity index (χ4v) is 5.20. The van der Waals surface area contributed by atoms with E-state index in [1.165, 1.54) is 11.1 Å². The minimum Gasteiger partial charge on any atom is -0.478 e. The van der Waals surface area contributed by atoms with E-state index in [0.29, 0.717) is 0 Å². The van der Waals surface area contributed by atoms with Gasteiger partial charge < -0.3 is 14.2 Å². The van der Waals surface area contributed by atoms with E-state index < -0.39 is 5.97 Å². The van der Waals surface area contributed by atoms with Gasteiger partial charge in [-0.3, -0.25) is 0 Å². The highest BCUT2D eigenvalue weighted by Crippen LogP contribution is 2.39. The molecule has 0 amide bonds. The largest absolute Gasteiger partial charge is 0.478 e. The van der Waals surface area contributed by atoms with Crippen LogP contribution in [0.3, 0.4) is 0 Å². The Morgan fingerprint density at radius 1 is 0.895 bits per heavy atom. The normalized spacial score (nSPS) is 11.3. The molecule has 3 aromatic carbocycles. The van der Waals surface area contributed by atoms with Crippen molar-refractivity contribution in [2.24, 2.45) is 0 Å². The molecule has 0 bridgehead atoms. The van der Waals surface area contributed by atoms with E-state index in [2.05, 4.69) is 66.0 Å². The van der Waals surface area contributed by atoms with Crippen LogP contribution in [-0.4, -0.2) is 25.8 Å². The number of pyridine rings is 1. The predicted octanol–water partition coefficient (Wildman–Crippen LogP) is 7.18. The number of carboxylic acid groups (broad SMARTS) is 1. The highest BCUT2D eigenvalue weighted by Gasteiger charge is 2.24. The predicted molar refractivity (Wildman–Crippen MR) is 147 cm³/mol. The average Bonchev–Trinajstić information content (AvgIpc) is 3.49. The van der Waals surface area contributed by atoms with Gasteiger partial charge in [0.1, 0.15) is 11.4 Å². The maximum atomic E-state index is 11.4. The molecule has 38 heavy (non-hydrogen) atoms. The standard InChI is InChI=1S/C32H25N3O3/c1-20-29(21(2)38-34-20)25-17-27-28(30(22-9-5-3-6-10-22)23-11-7-4-8-12-23)19-35(31(27)33-18-25)26-15-13-24(14-16-26)32(36)37/h3-19,30H,1-2H3,(H,36,37). The SMILES string of the molecule is Cc1noc(C)c1-c1cnc2c(c1)c(C(c1ccccc1)c1ccccc1)cn2-c1ccc(C(=O)O)cc1. The zero-order valence-electron chi connectivity index (χ0n) is 21.0. The molecule has 0 aliphatic rings. The van der Waals surface area contributed by atoms with Crippen molar-refractivity contribution in [2.75, 3.05) is 0 Å². The highest BCUT2D eigenvalue weighted by atomic mass is 16.5. The molecule has 0 saturated carbocycles. The third kappa shape index (κ3) is 4.06. The van der Waals surface area contributed by atoms with Gasteiger partial charge in [0.25, 0.3) is 0 Å². The minimum absolute atomic E-state index is 0.0406. The van der Waals surface area contributed by atoms with Crippen LogP contribution in [0.15, 0.2) is 108 Å². The Kier molecular flexibility index (Phi) is 5.85. The van der Waals surface area contributed by atoms with E-state index in [9.17, 15) is 9.90 Å². The number of carbonyl (C=O) groups is 1. The lowest BCUT2D eigenvalue weighted by Gasteiger charge is -2.18. The van der Waals surface area contributed by atoms with Gasteiger partial charge in [0.05, 0.1) is 11.3 Å². The summed E-state index contributed by atoms with van der Waals surface area (Å²) in [4.78, 5) is 16.4. The van der Waals surface area contributed by atoms with Crippen LogP contribution in [0.2, 0.25) is 0 Å². The van der Waals surface area contributed by atoms with Gasteiger partial charge in [0.2, 0.25) is 0 Å². The second-order valence-electron chi connectivity index (χ2n) is 9.36. The molecule has 1 N–H and O–H groups in total. The zero-order valence-corrected chi connectivity index (χ0v) is 21.0. The maximum Gasteiger partial charge on any atom is 0.335 e. The highest BCUT2D eigenvalue weighted by molar-refractivity contribution is 5.90. The molecule has 6 rings (SSSR count). The lowest BCUT2D eigenvalue weighted by atomic mass is 9.85. The number of aromatic carboxylic acids is 1. The molecular weight excluding hydrogens is 474 g/mol. The molecule has 0 saturated heterocycles. The third-order valence-electron chi connectivity index (χ3n) is 6.97. The second kappa shape index (κ2) is 9.48. The fourth-order valence-electron chi connectivity index (χ4n) is 5.20. The van der Waals surface area contributed by atoms with Crippen LogP contribution in [0.5, 0.6) is 0 Å². The van der Waals surface area contributed by atoms with Crippen LogP contribution in [0, 0.1) is 13.8 Å². The van der Waals surface area contributed by atoms with Gasteiger partial charge in [-0.05, 0) is 60.9 Å². The van der Waals surface area contributed by atoms with E-state index in [1.807, 2.05) is 48.9 Å². The number of hydrogen-bond donors (Lipinski definition) is 1. The topological polar surface area (TPSA) is 81.2 Å². The number of rotatable bonds is 6. The number of carboxylic acids is 1. The Morgan fingerprint density at radius 2 is 1.53 bits per heavy atom. The summed E-state index contributed by atoms with van der Waals surface area (Å²) < 4.78 is 7.49. The van der Waals surface area contributed by atoms with Crippen molar-refractivity contribution in [3.8, 4) is 16.8 Å². The summed E-state index contributed by atoms with van der Waals surface area (Å²) in [5, 5.41) is 14.5. The number of fused-ring (bicyclic) bond motifs is 1. The van der Waals surface area contributed by atoms with Gasteiger partial charge >= 0.3 is 5.97 Å². The molecule has 0 radical (unpaired) electrons. The van der Waals surface area contributed by atoms with Crippen LogP contribution >= 0.6 is 0 Å². The molecule has 6 heteroatoms. The first kappa shape index (κ1) is 23.4. The molecule has 6 aromatic rings. The van der Waals surface area contributed by atoms with Crippen molar-refractivity contribution in [2.45, 2.75) is 19.8 Å². The Hall–Kier alpha value is -4.97. The van der Waals surface area contributed by atoms with Crippen molar-refractivity contribution in [1.29, 1.82) is 0 Å².